The van der Waals surface area contributed by atoms with E-state index in [9.17, 15) is 4.79 Å². The van der Waals surface area contributed by atoms with E-state index in [1.54, 1.807) is 4.90 Å². The van der Waals surface area contributed by atoms with Crippen LogP contribution in [0.5, 0.6) is 0 Å². The lowest BCUT2D eigenvalue weighted by Gasteiger charge is -2.31. The number of carbonyl (C=O) groups is 1. The summed E-state index contributed by atoms with van der Waals surface area (Å²) in [7, 11) is 1.44. The van der Waals surface area contributed by atoms with E-state index < -0.39 is 0 Å². The van der Waals surface area contributed by atoms with Gasteiger partial charge < -0.3 is 15.0 Å². The Labute approximate surface area is 114 Å². The molecule has 1 N–H and O–H groups in total. The molecule has 1 aromatic rings. The van der Waals surface area contributed by atoms with Crippen molar-refractivity contribution in [1.82, 2.24) is 10.2 Å². The van der Waals surface area contributed by atoms with Gasteiger partial charge in [-0.1, -0.05) is 24.3 Å². The van der Waals surface area contributed by atoms with E-state index in [1.807, 2.05) is 0 Å². The monoisotopic (exact) mass is 262 g/mol. The summed E-state index contributed by atoms with van der Waals surface area (Å²) >= 11 is 0. The molecule has 1 aliphatic heterocycles. The Morgan fingerprint density at radius 2 is 2.05 bits per heavy atom. The van der Waals surface area contributed by atoms with Crippen LogP contribution < -0.4 is 5.32 Å². The van der Waals surface area contributed by atoms with E-state index >= 15 is 0 Å². The highest BCUT2D eigenvalue weighted by Gasteiger charge is 2.22. The second-order valence-corrected chi connectivity index (χ2v) is 5.04. The molecule has 0 unspecified atom stereocenters. The normalized spacial score (nSPS) is 16.4. The first-order valence-electron chi connectivity index (χ1n) is 6.81. The Morgan fingerprint density at radius 1 is 1.37 bits per heavy atom. The molecule has 1 aliphatic rings. The van der Waals surface area contributed by atoms with Crippen molar-refractivity contribution in [2.45, 2.75) is 32.4 Å². The molecule has 1 fully saturated rings. The summed E-state index contributed by atoms with van der Waals surface area (Å²) in [6.45, 7) is 4.59. The Kier molecular flexibility index (Phi) is 4.80. The Morgan fingerprint density at radius 3 is 2.68 bits per heavy atom. The molecule has 104 valence electrons. The number of ether oxygens (including phenoxy) is 1. The fraction of sp³-hybridized carbons (Fsp3) is 0.533. The summed E-state index contributed by atoms with van der Waals surface area (Å²) in [5.41, 5.74) is 2.67. The van der Waals surface area contributed by atoms with E-state index in [0.717, 1.165) is 32.5 Å². The molecular formula is C15H22N2O2. The van der Waals surface area contributed by atoms with Gasteiger partial charge in [-0.3, -0.25) is 0 Å². The van der Waals surface area contributed by atoms with Crippen LogP contribution >= 0.6 is 0 Å². The highest BCUT2D eigenvalue weighted by Crippen LogP contribution is 2.13. The largest absolute Gasteiger partial charge is 0.453 e. The fourth-order valence-corrected chi connectivity index (χ4v) is 2.46. The van der Waals surface area contributed by atoms with Crippen molar-refractivity contribution in [3.63, 3.8) is 0 Å². The Bertz CT molecular complexity index is 426. The molecule has 0 atom stereocenters. The van der Waals surface area contributed by atoms with Crippen LogP contribution in [-0.2, 0) is 11.3 Å². The minimum Gasteiger partial charge on any atom is -0.453 e. The van der Waals surface area contributed by atoms with E-state index in [1.165, 1.54) is 18.2 Å². The van der Waals surface area contributed by atoms with Gasteiger partial charge in [0.1, 0.15) is 0 Å². The molecule has 0 aliphatic carbocycles. The van der Waals surface area contributed by atoms with Crippen LogP contribution in [0.4, 0.5) is 4.79 Å². The minimum absolute atomic E-state index is 0.211. The first-order chi connectivity index (χ1) is 9.20. The van der Waals surface area contributed by atoms with Gasteiger partial charge >= 0.3 is 6.09 Å². The molecule has 0 bridgehead atoms. The number of methoxy groups -OCH3 is 1. The highest BCUT2D eigenvalue weighted by atomic mass is 16.5. The quantitative estimate of drug-likeness (QED) is 0.909. The van der Waals surface area contributed by atoms with Gasteiger partial charge in [0.25, 0.3) is 0 Å². The lowest BCUT2D eigenvalue weighted by Crippen LogP contribution is -2.44. The van der Waals surface area contributed by atoms with E-state index in [2.05, 4.69) is 36.5 Å². The molecule has 4 heteroatoms. The van der Waals surface area contributed by atoms with Gasteiger partial charge in [-0.05, 0) is 30.9 Å². The van der Waals surface area contributed by atoms with Gasteiger partial charge in [-0.2, -0.15) is 0 Å². The number of hydrogen-bond acceptors (Lipinski definition) is 3. The van der Waals surface area contributed by atoms with Crippen LogP contribution in [0.3, 0.4) is 0 Å². The number of benzene rings is 1. The smallest absolute Gasteiger partial charge is 0.409 e. The van der Waals surface area contributed by atoms with Gasteiger partial charge in [-0.25, -0.2) is 4.79 Å². The molecule has 1 amide bonds. The molecule has 1 saturated heterocycles. The molecular weight excluding hydrogens is 240 g/mol. The number of carbonyl (C=O) groups excluding carboxylic acids is 1. The van der Waals surface area contributed by atoms with Crippen LogP contribution in [0.2, 0.25) is 0 Å². The molecule has 0 radical (unpaired) electrons. The van der Waals surface area contributed by atoms with E-state index in [0.29, 0.717) is 6.04 Å². The molecule has 1 heterocycles. The van der Waals surface area contributed by atoms with Crippen LogP contribution in [0.25, 0.3) is 0 Å². The van der Waals surface area contributed by atoms with Crippen LogP contribution in [0, 0.1) is 6.92 Å². The van der Waals surface area contributed by atoms with Crippen molar-refractivity contribution in [2.24, 2.45) is 0 Å². The molecule has 1 aromatic carbocycles. The van der Waals surface area contributed by atoms with Gasteiger partial charge in [0.15, 0.2) is 0 Å². The van der Waals surface area contributed by atoms with Crippen LogP contribution in [-0.4, -0.2) is 37.2 Å². The third kappa shape index (κ3) is 3.70. The van der Waals surface area contributed by atoms with Crippen molar-refractivity contribution < 1.29 is 9.53 Å². The summed E-state index contributed by atoms with van der Waals surface area (Å²) in [5.74, 6) is 0. The topological polar surface area (TPSA) is 41.6 Å². The highest BCUT2D eigenvalue weighted by molar-refractivity contribution is 5.67. The number of piperidine rings is 1. The zero-order valence-corrected chi connectivity index (χ0v) is 11.7. The van der Waals surface area contributed by atoms with Crippen molar-refractivity contribution in [1.29, 1.82) is 0 Å². The molecule has 19 heavy (non-hydrogen) atoms. The lowest BCUT2D eigenvalue weighted by molar-refractivity contribution is 0.109. The first kappa shape index (κ1) is 13.9. The van der Waals surface area contributed by atoms with Crippen molar-refractivity contribution in [3.8, 4) is 0 Å². The fourth-order valence-electron chi connectivity index (χ4n) is 2.46. The molecule has 0 aromatic heterocycles. The molecule has 0 saturated carbocycles. The SMILES string of the molecule is COC(=O)N1CCC(NCc2ccccc2C)CC1. The van der Waals surface area contributed by atoms with Crippen molar-refractivity contribution >= 4 is 6.09 Å². The zero-order valence-electron chi connectivity index (χ0n) is 11.7. The average molecular weight is 262 g/mol. The second-order valence-electron chi connectivity index (χ2n) is 5.04. The van der Waals surface area contributed by atoms with E-state index in [-0.39, 0.29) is 6.09 Å². The maximum absolute atomic E-state index is 11.4. The zero-order chi connectivity index (χ0) is 13.7. The maximum Gasteiger partial charge on any atom is 0.409 e. The number of rotatable bonds is 3. The Balaban J connectivity index is 1.77. The van der Waals surface area contributed by atoms with Gasteiger partial charge in [0, 0.05) is 25.7 Å². The van der Waals surface area contributed by atoms with Gasteiger partial charge in [-0.15, -0.1) is 0 Å². The van der Waals surface area contributed by atoms with Crippen LogP contribution in [0.15, 0.2) is 24.3 Å². The van der Waals surface area contributed by atoms with Gasteiger partial charge in [0.05, 0.1) is 7.11 Å². The number of amides is 1. The summed E-state index contributed by atoms with van der Waals surface area (Å²) in [6.07, 6.45) is 1.76. The standard InChI is InChI=1S/C15H22N2O2/c1-12-5-3-4-6-13(12)11-16-14-7-9-17(10-8-14)15(18)19-2/h3-6,14,16H,7-11H2,1-2H3. The average Bonchev–Trinajstić information content (AvgIpc) is 2.46. The molecule has 2 rings (SSSR count). The Hall–Kier alpha value is -1.55. The second kappa shape index (κ2) is 6.57. The van der Waals surface area contributed by atoms with E-state index in [4.69, 9.17) is 4.74 Å². The number of aryl methyl sites for hydroxylation is 1. The third-order valence-corrected chi connectivity index (χ3v) is 3.77. The maximum atomic E-state index is 11.4. The number of likely N-dealkylation sites (tertiary alicyclic amines) is 1. The first-order valence-corrected chi connectivity index (χ1v) is 6.81. The molecule has 4 nitrogen and oxygen atoms in total. The molecule has 0 spiro atoms. The van der Waals surface area contributed by atoms with Gasteiger partial charge in [0.2, 0.25) is 0 Å². The number of nitrogens with zero attached hydrogens (tertiary/aromatic N) is 1. The van der Waals surface area contributed by atoms with Crippen molar-refractivity contribution in [2.75, 3.05) is 20.2 Å². The summed E-state index contributed by atoms with van der Waals surface area (Å²) in [5, 5.41) is 3.58. The summed E-state index contributed by atoms with van der Waals surface area (Å²) < 4.78 is 4.74. The third-order valence-electron chi connectivity index (χ3n) is 3.77. The summed E-state index contributed by atoms with van der Waals surface area (Å²) in [6, 6.07) is 8.92. The minimum atomic E-state index is -0.211. The number of hydrogen-bond donors (Lipinski definition) is 1. The summed E-state index contributed by atoms with van der Waals surface area (Å²) in [4.78, 5) is 13.2. The number of nitrogens with one attached hydrogen (secondary N) is 1. The predicted octanol–water partition coefficient (Wildman–Crippen LogP) is 2.32. The predicted molar refractivity (Wildman–Crippen MR) is 75.0 cm³/mol. The van der Waals surface area contributed by atoms with Crippen LogP contribution in [0.1, 0.15) is 24.0 Å². The van der Waals surface area contributed by atoms with Crippen molar-refractivity contribution in [3.05, 3.63) is 35.4 Å². The lowest BCUT2D eigenvalue weighted by atomic mass is 10.0.